The van der Waals surface area contributed by atoms with Gasteiger partial charge in [-0.05, 0) is 19.9 Å². The van der Waals surface area contributed by atoms with Crippen LogP contribution in [0.1, 0.15) is 13.8 Å². The lowest BCUT2D eigenvalue weighted by molar-refractivity contribution is -0.0925. The highest BCUT2D eigenvalue weighted by Gasteiger charge is 2.30. The third kappa shape index (κ3) is 4.76. The molecule has 0 spiro atoms. The molecule has 0 fully saturated rings. The SMILES string of the molecule is CC(C)N=CC=C(N)C(F)(F)F. The van der Waals surface area contributed by atoms with Gasteiger partial charge in [-0.3, -0.25) is 4.99 Å². The number of hydrogen-bond donors (Lipinski definition) is 1. The highest BCUT2D eigenvalue weighted by Crippen LogP contribution is 2.20. The van der Waals surface area contributed by atoms with Crippen LogP contribution >= 0.6 is 0 Å². The quantitative estimate of drug-likeness (QED) is 0.647. The maximum Gasteiger partial charge on any atom is 0.430 e. The molecule has 2 N–H and O–H groups in total. The molecule has 0 atom stereocenters. The van der Waals surface area contributed by atoms with Gasteiger partial charge in [0.05, 0.1) is 0 Å². The summed E-state index contributed by atoms with van der Waals surface area (Å²) in [4.78, 5) is 3.70. The average molecular weight is 180 g/mol. The minimum absolute atomic E-state index is 0.0257. The first kappa shape index (κ1) is 11.0. The smallest absolute Gasteiger partial charge is 0.395 e. The van der Waals surface area contributed by atoms with Crippen molar-refractivity contribution in [3.8, 4) is 0 Å². The fraction of sp³-hybridized carbons (Fsp3) is 0.571. The van der Waals surface area contributed by atoms with Crippen LogP contribution in [0.2, 0.25) is 0 Å². The van der Waals surface area contributed by atoms with Crippen molar-refractivity contribution in [2.75, 3.05) is 0 Å². The summed E-state index contributed by atoms with van der Waals surface area (Å²) >= 11 is 0. The molecule has 0 aromatic carbocycles. The van der Waals surface area contributed by atoms with Crippen molar-refractivity contribution in [1.82, 2.24) is 0 Å². The minimum atomic E-state index is -4.46. The molecule has 0 aliphatic carbocycles. The molecule has 0 unspecified atom stereocenters. The van der Waals surface area contributed by atoms with E-state index in [0.717, 1.165) is 12.3 Å². The summed E-state index contributed by atoms with van der Waals surface area (Å²) in [5.74, 6) is 0. The lowest BCUT2D eigenvalue weighted by Crippen LogP contribution is -2.19. The van der Waals surface area contributed by atoms with Crippen LogP contribution in [0, 0.1) is 0 Å². The number of nitrogens with two attached hydrogens (primary N) is 1. The number of rotatable bonds is 2. The van der Waals surface area contributed by atoms with Gasteiger partial charge in [0.15, 0.2) is 0 Å². The van der Waals surface area contributed by atoms with Gasteiger partial charge in [-0.2, -0.15) is 13.2 Å². The van der Waals surface area contributed by atoms with Crippen molar-refractivity contribution in [2.24, 2.45) is 10.7 Å². The molecule has 0 heterocycles. The zero-order valence-electron chi connectivity index (χ0n) is 6.89. The Hall–Kier alpha value is -1.00. The third-order valence-electron chi connectivity index (χ3n) is 0.966. The first-order valence-corrected chi connectivity index (χ1v) is 3.40. The predicted molar refractivity (Wildman–Crippen MR) is 42.0 cm³/mol. The van der Waals surface area contributed by atoms with E-state index >= 15 is 0 Å². The number of allylic oxidation sites excluding steroid dienone is 2. The molecule has 0 saturated carbocycles. The Labute approximate surface area is 69.0 Å². The third-order valence-corrected chi connectivity index (χ3v) is 0.966. The topological polar surface area (TPSA) is 38.4 Å². The highest BCUT2D eigenvalue weighted by molar-refractivity contribution is 5.72. The Morgan fingerprint density at radius 2 is 1.92 bits per heavy atom. The molecule has 0 saturated heterocycles. The normalized spacial score (nSPS) is 14.7. The van der Waals surface area contributed by atoms with Gasteiger partial charge in [-0.25, -0.2) is 0 Å². The summed E-state index contributed by atoms with van der Waals surface area (Å²) in [6, 6.07) is -0.0257. The van der Waals surface area contributed by atoms with E-state index in [1.54, 1.807) is 13.8 Å². The second-order valence-corrected chi connectivity index (χ2v) is 2.51. The largest absolute Gasteiger partial charge is 0.430 e. The maximum absolute atomic E-state index is 11.7. The summed E-state index contributed by atoms with van der Waals surface area (Å²) in [6.07, 6.45) is -2.64. The molecule has 0 aliphatic rings. The molecule has 5 heteroatoms. The molecule has 0 aromatic rings. The van der Waals surface area contributed by atoms with Crippen LogP contribution in [0.5, 0.6) is 0 Å². The van der Waals surface area contributed by atoms with E-state index in [0.29, 0.717) is 0 Å². The van der Waals surface area contributed by atoms with Crippen LogP contribution in [0.3, 0.4) is 0 Å². The fourth-order valence-electron chi connectivity index (χ4n) is 0.390. The molecule has 0 rings (SSSR count). The first-order chi connectivity index (χ1) is 5.34. The number of alkyl halides is 3. The van der Waals surface area contributed by atoms with Crippen LogP contribution < -0.4 is 5.73 Å². The summed E-state index contributed by atoms with van der Waals surface area (Å²) in [5, 5.41) is 0. The van der Waals surface area contributed by atoms with Crippen LogP contribution in [-0.2, 0) is 0 Å². The molecular formula is C7H11F3N2. The Bertz CT molecular complexity index is 191. The van der Waals surface area contributed by atoms with Crippen LogP contribution in [0.15, 0.2) is 16.8 Å². The second-order valence-electron chi connectivity index (χ2n) is 2.51. The monoisotopic (exact) mass is 180 g/mol. The molecular weight excluding hydrogens is 169 g/mol. The van der Waals surface area contributed by atoms with Crippen molar-refractivity contribution >= 4 is 6.21 Å². The minimum Gasteiger partial charge on any atom is -0.395 e. The lowest BCUT2D eigenvalue weighted by atomic mass is 10.4. The van der Waals surface area contributed by atoms with Gasteiger partial charge >= 0.3 is 6.18 Å². The predicted octanol–water partition coefficient (Wildman–Crippen LogP) is 1.87. The Morgan fingerprint density at radius 1 is 1.42 bits per heavy atom. The van der Waals surface area contributed by atoms with E-state index < -0.39 is 11.9 Å². The van der Waals surface area contributed by atoms with Crippen molar-refractivity contribution < 1.29 is 13.2 Å². The molecule has 2 nitrogen and oxygen atoms in total. The van der Waals surface area contributed by atoms with Crippen LogP contribution in [0.4, 0.5) is 13.2 Å². The number of hydrogen-bond acceptors (Lipinski definition) is 2. The summed E-state index contributed by atoms with van der Waals surface area (Å²) in [5.41, 5.74) is 3.55. The lowest BCUT2D eigenvalue weighted by Gasteiger charge is -2.03. The molecule has 12 heavy (non-hydrogen) atoms. The second kappa shape index (κ2) is 4.13. The molecule has 0 bridgehead atoms. The van der Waals surface area contributed by atoms with Crippen LogP contribution in [-0.4, -0.2) is 18.4 Å². The fourth-order valence-corrected chi connectivity index (χ4v) is 0.390. The van der Waals surface area contributed by atoms with E-state index in [9.17, 15) is 13.2 Å². The summed E-state index contributed by atoms with van der Waals surface area (Å²) in [7, 11) is 0. The highest BCUT2D eigenvalue weighted by atomic mass is 19.4. The van der Waals surface area contributed by atoms with Gasteiger partial charge < -0.3 is 5.73 Å². The molecule has 70 valence electrons. The Morgan fingerprint density at radius 3 is 2.25 bits per heavy atom. The van der Waals surface area contributed by atoms with E-state index in [1.165, 1.54) is 0 Å². The standard InChI is InChI=1S/C7H11F3N2/c1-5(2)12-4-3-6(11)7(8,9)10/h3-5H,11H2,1-2H3. The Kier molecular flexibility index (Phi) is 3.79. The number of aliphatic imine (C=N–C) groups is 1. The van der Waals surface area contributed by atoms with Gasteiger partial charge in [0.25, 0.3) is 0 Å². The van der Waals surface area contributed by atoms with Gasteiger partial charge in [0.1, 0.15) is 5.70 Å². The van der Waals surface area contributed by atoms with Gasteiger partial charge in [-0.1, -0.05) is 0 Å². The molecule has 0 radical (unpaired) electrons. The Balaban J connectivity index is 4.20. The molecule has 0 aliphatic heterocycles. The van der Waals surface area contributed by atoms with Crippen molar-refractivity contribution in [3.05, 3.63) is 11.8 Å². The first-order valence-electron chi connectivity index (χ1n) is 3.40. The van der Waals surface area contributed by atoms with E-state index in [-0.39, 0.29) is 6.04 Å². The zero-order chi connectivity index (χ0) is 9.78. The van der Waals surface area contributed by atoms with E-state index in [1.807, 2.05) is 0 Å². The number of nitrogens with zero attached hydrogens (tertiary/aromatic N) is 1. The van der Waals surface area contributed by atoms with Crippen molar-refractivity contribution in [3.63, 3.8) is 0 Å². The summed E-state index contributed by atoms with van der Waals surface area (Å²) in [6.45, 7) is 3.52. The molecule has 0 aromatic heterocycles. The number of halogens is 3. The zero-order valence-corrected chi connectivity index (χ0v) is 6.89. The van der Waals surface area contributed by atoms with Crippen molar-refractivity contribution in [2.45, 2.75) is 26.1 Å². The van der Waals surface area contributed by atoms with Gasteiger partial charge in [0.2, 0.25) is 0 Å². The molecule has 0 amide bonds. The average Bonchev–Trinajstić information content (AvgIpc) is 1.84. The summed E-state index contributed by atoms with van der Waals surface area (Å²) < 4.78 is 35.2. The van der Waals surface area contributed by atoms with Gasteiger partial charge in [-0.15, -0.1) is 0 Å². The van der Waals surface area contributed by atoms with Crippen LogP contribution in [0.25, 0.3) is 0 Å². The van der Waals surface area contributed by atoms with E-state index in [2.05, 4.69) is 10.7 Å². The van der Waals surface area contributed by atoms with Crippen molar-refractivity contribution in [1.29, 1.82) is 0 Å². The van der Waals surface area contributed by atoms with E-state index in [4.69, 9.17) is 0 Å². The maximum atomic E-state index is 11.7. The van der Waals surface area contributed by atoms with Gasteiger partial charge in [0, 0.05) is 12.3 Å².